The molecule has 0 aliphatic carbocycles. The second-order valence-corrected chi connectivity index (χ2v) is 7.74. The van der Waals surface area contributed by atoms with E-state index in [9.17, 15) is 19.2 Å². The van der Waals surface area contributed by atoms with Crippen LogP contribution in [0.25, 0.3) is 0 Å². The number of carboxylic acid groups (broad SMARTS) is 1. The molecule has 0 saturated carbocycles. The minimum absolute atomic E-state index is 0.00220. The van der Waals surface area contributed by atoms with Crippen molar-refractivity contribution in [3.05, 3.63) is 0 Å². The van der Waals surface area contributed by atoms with Crippen molar-refractivity contribution in [2.75, 3.05) is 0 Å². The fourth-order valence-corrected chi connectivity index (χ4v) is 3.09. The van der Waals surface area contributed by atoms with E-state index in [1.807, 2.05) is 0 Å². The van der Waals surface area contributed by atoms with Gasteiger partial charge in [-0.3, -0.25) is 19.2 Å². The van der Waals surface area contributed by atoms with Gasteiger partial charge in [-0.05, 0) is 6.42 Å². The molecule has 0 aliphatic rings. The summed E-state index contributed by atoms with van der Waals surface area (Å²) in [5.74, 6) is -1.38. The maximum absolute atomic E-state index is 11.9. The molecule has 0 fully saturated rings. The lowest BCUT2D eigenvalue weighted by Crippen LogP contribution is -2.24. The molecule has 28 heavy (non-hydrogen) atoms. The molecule has 0 radical (unpaired) electrons. The predicted molar refractivity (Wildman–Crippen MR) is 110 cm³/mol. The zero-order chi connectivity index (χ0) is 21.2. The molecule has 162 valence electrons. The number of aliphatic carboxylic acids is 1. The third-order valence-electron chi connectivity index (χ3n) is 4.90. The van der Waals surface area contributed by atoms with E-state index in [0.717, 1.165) is 19.3 Å². The van der Waals surface area contributed by atoms with E-state index < -0.39 is 5.97 Å². The largest absolute Gasteiger partial charge is 0.481 e. The third-order valence-corrected chi connectivity index (χ3v) is 4.90. The van der Waals surface area contributed by atoms with Gasteiger partial charge in [-0.25, -0.2) is 0 Å². The van der Waals surface area contributed by atoms with E-state index in [1.165, 1.54) is 38.5 Å². The van der Waals surface area contributed by atoms with Crippen molar-refractivity contribution in [2.45, 2.75) is 116 Å². The summed E-state index contributed by atoms with van der Waals surface area (Å²) in [7, 11) is 0. The molecule has 1 unspecified atom stereocenters. The number of hydrogen-bond donors (Lipinski definition) is 2. The van der Waals surface area contributed by atoms with Crippen molar-refractivity contribution in [1.29, 1.82) is 0 Å². The molecule has 1 atom stereocenters. The van der Waals surface area contributed by atoms with Crippen LogP contribution in [0, 0.1) is 0 Å². The average molecular weight is 398 g/mol. The van der Waals surface area contributed by atoms with Gasteiger partial charge >= 0.3 is 5.97 Å². The van der Waals surface area contributed by atoms with Gasteiger partial charge in [-0.1, -0.05) is 58.3 Å². The van der Waals surface area contributed by atoms with E-state index in [-0.39, 0.29) is 61.9 Å². The van der Waals surface area contributed by atoms with Crippen molar-refractivity contribution >= 4 is 23.3 Å². The Kier molecular flexibility index (Phi) is 16.6. The van der Waals surface area contributed by atoms with E-state index in [1.54, 1.807) is 0 Å². The number of nitrogens with two attached hydrogens (primary N) is 1. The highest BCUT2D eigenvalue weighted by molar-refractivity contribution is 5.89. The summed E-state index contributed by atoms with van der Waals surface area (Å²) in [4.78, 5) is 45.5. The zero-order valence-corrected chi connectivity index (χ0v) is 17.5. The minimum Gasteiger partial charge on any atom is -0.481 e. The number of hydrogen-bond acceptors (Lipinski definition) is 5. The first kappa shape index (κ1) is 26.4. The monoisotopic (exact) mass is 397 g/mol. The maximum atomic E-state index is 11.9. The predicted octanol–water partition coefficient (Wildman–Crippen LogP) is 4.37. The van der Waals surface area contributed by atoms with Crippen molar-refractivity contribution in [3.8, 4) is 0 Å². The topological polar surface area (TPSA) is 115 Å². The molecule has 0 bridgehead atoms. The summed E-state index contributed by atoms with van der Waals surface area (Å²) in [6.07, 6.45) is 11.2. The number of carbonyl (C=O) groups is 4. The van der Waals surface area contributed by atoms with Crippen molar-refractivity contribution in [3.63, 3.8) is 0 Å². The normalized spacial score (nSPS) is 11.9. The molecule has 3 N–H and O–H groups in total. The van der Waals surface area contributed by atoms with Gasteiger partial charge in [0.2, 0.25) is 0 Å². The summed E-state index contributed by atoms with van der Waals surface area (Å²) >= 11 is 0. The van der Waals surface area contributed by atoms with Crippen molar-refractivity contribution in [2.24, 2.45) is 5.73 Å². The van der Waals surface area contributed by atoms with E-state index in [0.29, 0.717) is 6.42 Å². The fourth-order valence-electron chi connectivity index (χ4n) is 3.09. The highest BCUT2D eigenvalue weighted by Crippen LogP contribution is 2.12. The quantitative estimate of drug-likeness (QED) is 0.295. The lowest BCUT2D eigenvalue weighted by molar-refractivity contribution is -0.138. The zero-order valence-electron chi connectivity index (χ0n) is 17.5. The van der Waals surface area contributed by atoms with E-state index in [2.05, 4.69) is 6.92 Å². The Morgan fingerprint density at radius 2 is 1.11 bits per heavy atom. The summed E-state index contributed by atoms with van der Waals surface area (Å²) in [6.45, 7) is 2.21. The molecule has 6 nitrogen and oxygen atoms in total. The highest BCUT2D eigenvalue weighted by Gasteiger charge is 2.13. The summed E-state index contributed by atoms with van der Waals surface area (Å²) in [5.41, 5.74) is 6.02. The number of Topliss-reactive ketones (excluding diaryl/α,β-unsaturated/α-hetero) is 3. The van der Waals surface area contributed by atoms with Crippen LogP contribution in [0.1, 0.15) is 110 Å². The highest BCUT2D eigenvalue weighted by atomic mass is 16.4. The van der Waals surface area contributed by atoms with Gasteiger partial charge in [0.15, 0.2) is 0 Å². The Balaban J connectivity index is 3.66. The van der Waals surface area contributed by atoms with Gasteiger partial charge in [-0.15, -0.1) is 0 Å². The van der Waals surface area contributed by atoms with E-state index >= 15 is 0 Å². The van der Waals surface area contributed by atoms with Crippen LogP contribution in [0.5, 0.6) is 0 Å². The van der Waals surface area contributed by atoms with Crippen LogP contribution in [0.3, 0.4) is 0 Å². The average Bonchev–Trinajstić information content (AvgIpc) is 2.65. The lowest BCUT2D eigenvalue weighted by atomic mass is 9.99. The van der Waals surface area contributed by atoms with Crippen LogP contribution in [-0.4, -0.2) is 34.5 Å². The molecule has 0 heterocycles. The smallest absolute Gasteiger partial charge is 0.303 e. The standard InChI is InChI=1S/C22H39NO5/c1-2-3-4-5-6-7-8-9-10-18(23)17-21(26)14-13-19(24)11-12-20(25)15-16-22(27)28/h18H,2-17,23H2,1H3,(H,27,28). The molecule has 0 aliphatic heterocycles. The summed E-state index contributed by atoms with van der Waals surface area (Å²) in [5, 5.41) is 8.51. The molecular formula is C22H39NO5. The Morgan fingerprint density at radius 1 is 0.679 bits per heavy atom. The molecule has 0 spiro atoms. The van der Waals surface area contributed by atoms with Crippen LogP contribution < -0.4 is 5.73 Å². The fraction of sp³-hybridized carbons (Fsp3) is 0.818. The Morgan fingerprint density at radius 3 is 1.61 bits per heavy atom. The number of ketones is 3. The van der Waals surface area contributed by atoms with Gasteiger partial charge in [-0.2, -0.15) is 0 Å². The molecule has 0 rings (SSSR count). The SMILES string of the molecule is CCCCCCCCCCC(N)CC(=O)CCC(=O)CCC(=O)CCC(=O)O. The van der Waals surface area contributed by atoms with Crippen LogP contribution in [0.4, 0.5) is 0 Å². The maximum Gasteiger partial charge on any atom is 0.303 e. The Hall–Kier alpha value is -1.56. The first-order chi connectivity index (χ1) is 13.3. The molecule has 0 aromatic heterocycles. The van der Waals surface area contributed by atoms with Crippen LogP contribution in [-0.2, 0) is 19.2 Å². The van der Waals surface area contributed by atoms with Gasteiger partial charge in [0.05, 0.1) is 6.42 Å². The first-order valence-electron chi connectivity index (χ1n) is 10.9. The Labute approximate surface area is 169 Å². The first-order valence-corrected chi connectivity index (χ1v) is 10.9. The number of carbonyl (C=O) groups excluding carboxylic acids is 3. The number of unbranched alkanes of at least 4 members (excludes halogenated alkanes) is 7. The summed E-state index contributed by atoms with van der Waals surface area (Å²) < 4.78 is 0. The third kappa shape index (κ3) is 17.8. The molecule has 0 amide bonds. The van der Waals surface area contributed by atoms with E-state index in [4.69, 9.17) is 10.8 Å². The molecule has 0 aromatic carbocycles. The van der Waals surface area contributed by atoms with Crippen LogP contribution in [0.15, 0.2) is 0 Å². The van der Waals surface area contributed by atoms with Gasteiger partial charge < -0.3 is 10.8 Å². The minimum atomic E-state index is -1.02. The van der Waals surface area contributed by atoms with Crippen LogP contribution in [0.2, 0.25) is 0 Å². The van der Waals surface area contributed by atoms with Gasteiger partial charge in [0.1, 0.15) is 17.3 Å². The lowest BCUT2D eigenvalue weighted by Gasteiger charge is -2.10. The molecule has 0 saturated heterocycles. The number of rotatable bonds is 20. The van der Waals surface area contributed by atoms with Crippen molar-refractivity contribution in [1.82, 2.24) is 0 Å². The Bertz CT molecular complexity index is 476. The van der Waals surface area contributed by atoms with Crippen molar-refractivity contribution < 1.29 is 24.3 Å². The van der Waals surface area contributed by atoms with Gasteiger partial charge in [0.25, 0.3) is 0 Å². The summed E-state index contributed by atoms with van der Waals surface area (Å²) in [6, 6.07) is -0.139. The van der Waals surface area contributed by atoms with Gasteiger partial charge in [0, 0.05) is 44.6 Å². The number of carboxylic acids is 1. The second kappa shape index (κ2) is 17.5. The van der Waals surface area contributed by atoms with Crippen LogP contribution >= 0.6 is 0 Å². The molecule has 0 aromatic rings. The molecule has 6 heteroatoms. The second-order valence-electron chi connectivity index (χ2n) is 7.74. The molecular weight excluding hydrogens is 358 g/mol.